The monoisotopic (exact) mass is 395 g/mol. The third-order valence-corrected chi connectivity index (χ3v) is 5.76. The van der Waals surface area contributed by atoms with Crippen LogP contribution in [0, 0.1) is 6.92 Å². The Morgan fingerprint density at radius 3 is 2.74 bits per heavy atom. The van der Waals surface area contributed by atoms with Gasteiger partial charge in [-0.15, -0.1) is 0 Å². The Balaban J connectivity index is 1.79. The van der Waals surface area contributed by atoms with Crippen LogP contribution in [0.25, 0.3) is 0 Å². The van der Waals surface area contributed by atoms with Crippen LogP contribution in [0.5, 0.6) is 0 Å². The number of piperidine rings is 1. The van der Waals surface area contributed by atoms with E-state index in [2.05, 4.69) is 40.4 Å². The molecular formula is C19H33N5O2S. The first-order chi connectivity index (χ1) is 12.9. The molecule has 1 aliphatic rings. The molecular weight excluding hydrogens is 362 g/mol. The second-order valence-electron chi connectivity index (χ2n) is 7.20. The SMILES string of the molecule is CCNC(=NCCc1ccncc1C)NC1CCN(CCS(C)(=O)=O)CC1. The summed E-state index contributed by atoms with van der Waals surface area (Å²) in [5, 5.41) is 6.85. The molecule has 0 aliphatic carbocycles. The molecule has 1 fully saturated rings. The van der Waals surface area contributed by atoms with Gasteiger partial charge in [0.15, 0.2) is 5.96 Å². The van der Waals surface area contributed by atoms with Gasteiger partial charge in [0.25, 0.3) is 0 Å². The second-order valence-corrected chi connectivity index (χ2v) is 9.46. The van der Waals surface area contributed by atoms with Gasteiger partial charge in [-0.3, -0.25) is 9.98 Å². The number of sulfone groups is 1. The van der Waals surface area contributed by atoms with Gasteiger partial charge >= 0.3 is 0 Å². The Labute approximate surface area is 163 Å². The number of rotatable bonds is 8. The van der Waals surface area contributed by atoms with Gasteiger partial charge in [-0.2, -0.15) is 0 Å². The van der Waals surface area contributed by atoms with E-state index in [0.29, 0.717) is 12.6 Å². The lowest BCUT2D eigenvalue weighted by Gasteiger charge is -2.32. The fraction of sp³-hybridized carbons (Fsp3) is 0.684. The number of hydrogen-bond acceptors (Lipinski definition) is 5. The molecule has 0 spiro atoms. The molecule has 0 saturated carbocycles. The first kappa shape index (κ1) is 21.6. The number of pyridine rings is 1. The second kappa shape index (κ2) is 10.6. The summed E-state index contributed by atoms with van der Waals surface area (Å²) in [5.41, 5.74) is 2.48. The van der Waals surface area contributed by atoms with Crippen molar-refractivity contribution in [3.63, 3.8) is 0 Å². The lowest BCUT2D eigenvalue weighted by atomic mass is 10.1. The maximum Gasteiger partial charge on any atom is 0.191 e. The molecule has 0 radical (unpaired) electrons. The average molecular weight is 396 g/mol. The average Bonchev–Trinajstić information content (AvgIpc) is 2.62. The fourth-order valence-corrected chi connectivity index (χ4v) is 3.77. The lowest BCUT2D eigenvalue weighted by molar-refractivity contribution is 0.216. The number of likely N-dealkylation sites (tertiary alicyclic amines) is 1. The van der Waals surface area contributed by atoms with Gasteiger partial charge in [-0.25, -0.2) is 8.42 Å². The highest BCUT2D eigenvalue weighted by Gasteiger charge is 2.20. The molecule has 0 atom stereocenters. The smallest absolute Gasteiger partial charge is 0.191 e. The predicted molar refractivity (Wildman–Crippen MR) is 111 cm³/mol. The Morgan fingerprint density at radius 1 is 1.37 bits per heavy atom. The van der Waals surface area contributed by atoms with Crippen LogP contribution in [0.3, 0.4) is 0 Å². The lowest BCUT2D eigenvalue weighted by Crippen LogP contribution is -2.49. The molecule has 27 heavy (non-hydrogen) atoms. The van der Waals surface area contributed by atoms with Gasteiger partial charge in [0, 0.05) is 57.4 Å². The van der Waals surface area contributed by atoms with E-state index in [9.17, 15) is 8.42 Å². The number of nitrogens with zero attached hydrogens (tertiary/aromatic N) is 3. The third kappa shape index (κ3) is 8.26. The first-order valence-electron chi connectivity index (χ1n) is 9.72. The molecule has 1 saturated heterocycles. The summed E-state index contributed by atoms with van der Waals surface area (Å²) < 4.78 is 22.6. The van der Waals surface area contributed by atoms with Crippen LogP contribution >= 0.6 is 0 Å². The van der Waals surface area contributed by atoms with Gasteiger partial charge in [0.05, 0.1) is 5.75 Å². The van der Waals surface area contributed by atoms with E-state index in [4.69, 9.17) is 4.99 Å². The summed E-state index contributed by atoms with van der Waals surface area (Å²) in [4.78, 5) is 11.1. The molecule has 2 heterocycles. The number of aryl methyl sites for hydroxylation is 1. The van der Waals surface area contributed by atoms with Crippen LogP contribution in [0.1, 0.15) is 30.9 Å². The van der Waals surface area contributed by atoms with Gasteiger partial charge in [-0.1, -0.05) is 0 Å². The molecule has 8 heteroatoms. The van der Waals surface area contributed by atoms with Crippen LogP contribution in [-0.2, 0) is 16.3 Å². The molecule has 0 aromatic carbocycles. The van der Waals surface area contributed by atoms with Crippen LogP contribution < -0.4 is 10.6 Å². The maximum absolute atomic E-state index is 11.3. The van der Waals surface area contributed by atoms with E-state index in [1.165, 1.54) is 17.4 Å². The molecule has 2 rings (SSSR count). The summed E-state index contributed by atoms with van der Waals surface area (Å²) in [6.07, 6.45) is 7.91. The van der Waals surface area contributed by atoms with E-state index in [1.54, 1.807) is 0 Å². The van der Waals surface area contributed by atoms with Crippen molar-refractivity contribution in [1.82, 2.24) is 20.5 Å². The topological polar surface area (TPSA) is 86.7 Å². The zero-order valence-electron chi connectivity index (χ0n) is 16.7. The highest BCUT2D eigenvalue weighted by Crippen LogP contribution is 2.10. The molecule has 0 unspecified atom stereocenters. The van der Waals surface area contributed by atoms with Crippen LogP contribution in [0.15, 0.2) is 23.5 Å². The molecule has 152 valence electrons. The molecule has 0 bridgehead atoms. The maximum atomic E-state index is 11.3. The number of nitrogens with one attached hydrogen (secondary N) is 2. The molecule has 1 aliphatic heterocycles. The van der Waals surface area contributed by atoms with Crippen LogP contribution in [0.2, 0.25) is 0 Å². The van der Waals surface area contributed by atoms with Gasteiger partial charge in [0.2, 0.25) is 0 Å². The normalized spacial score (nSPS) is 17.1. The number of aliphatic imine (C=N–C) groups is 1. The Hall–Kier alpha value is -1.67. The van der Waals surface area contributed by atoms with Crippen molar-refractivity contribution in [2.75, 3.05) is 44.7 Å². The van der Waals surface area contributed by atoms with Crippen molar-refractivity contribution in [1.29, 1.82) is 0 Å². The summed E-state index contributed by atoms with van der Waals surface area (Å²) in [7, 11) is -2.89. The summed E-state index contributed by atoms with van der Waals surface area (Å²) in [6.45, 7) is 8.17. The van der Waals surface area contributed by atoms with Crippen LogP contribution in [-0.4, -0.2) is 75.0 Å². The summed E-state index contributed by atoms with van der Waals surface area (Å²) in [5.74, 6) is 1.10. The molecule has 7 nitrogen and oxygen atoms in total. The van der Waals surface area contributed by atoms with Crippen molar-refractivity contribution in [3.8, 4) is 0 Å². The zero-order valence-corrected chi connectivity index (χ0v) is 17.6. The standard InChI is InChI=1S/C19H33N5O2S/c1-4-21-19(22-10-6-17-5-9-20-15-16(17)2)23-18-7-11-24(12-8-18)13-14-27(3,25)26/h5,9,15,18H,4,6-8,10-14H2,1-3H3,(H2,21,22,23). The molecule has 1 aromatic heterocycles. The van der Waals surface area contributed by atoms with Crippen molar-refractivity contribution in [2.24, 2.45) is 4.99 Å². The highest BCUT2D eigenvalue weighted by molar-refractivity contribution is 7.90. The van der Waals surface area contributed by atoms with E-state index >= 15 is 0 Å². The summed E-state index contributed by atoms with van der Waals surface area (Å²) in [6, 6.07) is 2.43. The minimum atomic E-state index is -2.89. The quantitative estimate of drug-likeness (QED) is 0.504. The van der Waals surface area contributed by atoms with Crippen molar-refractivity contribution in [3.05, 3.63) is 29.6 Å². The third-order valence-electron chi connectivity index (χ3n) is 4.84. The van der Waals surface area contributed by atoms with E-state index in [-0.39, 0.29) is 5.75 Å². The minimum absolute atomic E-state index is 0.240. The Morgan fingerprint density at radius 2 is 2.11 bits per heavy atom. The van der Waals surface area contributed by atoms with Crippen molar-refractivity contribution >= 4 is 15.8 Å². The van der Waals surface area contributed by atoms with Gasteiger partial charge in [0.1, 0.15) is 9.84 Å². The number of guanidine groups is 1. The zero-order chi connectivity index (χ0) is 19.7. The number of aromatic nitrogens is 1. The van der Waals surface area contributed by atoms with E-state index in [1.807, 2.05) is 12.4 Å². The molecule has 0 amide bonds. The first-order valence-corrected chi connectivity index (χ1v) is 11.8. The van der Waals surface area contributed by atoms with E-state index in [0.717, 1.165) is 51.4 Å². The Bertz CT molecular complexity index is 713. The minimum Gasteiger partial charge on any atom is -0.357 e. The van der Waals surface area contributed by atoms with Gasteiger partial charge < -0.3 is 15.5 Å². The molecule has 2 N–H and O–H groups in total. The van der Waals surface area contributed by atoms with Crippen molar-refractivity contribution < 1.29 is 8.42 Å². The van der Waals surface area contributed by atoms with Crippen LogP contribution in [0.4, 0.5) is 0 Å². The van der Waals surface area contributed by atoms with E-state index < -0.39 is 9.84 Å². The predicted octanol–water partition coefficient (Wildman–Crippen LogP) is 0.997. The Kier molecular flexibility index (Phi) is 8.50. The highest BCUT2D eigenvalue weighted by atomic mass is 32.2. The molecule has 1 aromatic rings. The number of hydrogen-bond donors (Lipinski definition) is 2. The van der Waals surface area contributed by atoms with Gasteiger partial charge in [-0.05, 0) is 50.3 Å². The van der Waals surface area contributed by atoms with Crippen molar-refractivity contribution in [2.45, 2.75) is 39.2 Å². The fourth-order valence-electron chi connectivity index (χ4n) is 3.18. The summed E-state index contributed by atoms with van der Waals surface area (Å²) >= 11 is 0. The largest absolute Gasteiger partial charge is 0.357 e.